The van der Waals surface area contributed by atoms with Crippen LogP contribution in [0.3, 0.4) is 0 Å². The van der Waals surface area contributed by atoms with Gasteiger partial charge in [0.2, 0.25) is 0 Å². The maximum absolute atomic E-state index is 9.25. The predicted octanol–water partition coefficient (Wildman–Crippen LogP) is 0.957. The zero-order chi connectivity index (χ0) is 10.8. The fourth-order valence-corrected chi connectivity index (χ4v) is 2.64. The minimum atomic E-state index is 0.0590. The number of nitrogens with zero attached hydrogens (tertiary/aromatic N) is 2. The Morgan fingerprint density at radius 1 is 1.60 bits per heavy atom. The molecule has 1 aromatic rings. The van der Waals surface area contributed by atoms with Gasteiger partial charge in [-0.3, -0.25) is 0 Å². The molecule has 1 aromatic heterocycles. The highest BCUT2D eigenvalue weighted by Gasteiger charge is 2.24. The second-order valence-corrected chi connectivity index (χ2v) is 4.92. The van der Waals surface area contributed by atoms with Gasteiger partial charge in [-0.15, -0.1) is 11.3 Å². The van der Waals surface area contributed by atoms with E-state index in [9.17, 15) is 5.11 Å². The van der Waals surface area contributed by atoms with Crippen molar-refractivity contribution in [3.8, 4) is 0 Å². The molecule has 1 aliphatic rings. The lowest BCUT2D eigenvalue weighted by molar-refractivity contribution is 0.0727. The van der Waals surface area contributed by atoms with Gasteiger partial charge in [0.15, 0.2) is 5.13 Å². The summed E-state index contributed by atoms with van der Waals surface area (Å²) in [6.07, 6.45) is 0. The lowest BCUT2D eigenvalue weighted by Gasteiger charge is -2.34. The molecule has 1 N–H and O–H groups in total. The Kier molecular flexibility index (Phi) is 3.23. The van der Waals surface area contributed by atoms with E-state index < -0.39 is 0 Å². The van der Waals surface area contributed by atoms with E-state index in [1.807, 2.05) is 6.92 Å². The summed E-state index contributed by atoms with van der Waals surface area (Å²) in [6, 6.07) is 0.0590. The Bertz CT molecular complexity index is 321. The summed E-state index contributed by atoms with van der Waals surface area (Å²) in [5.74, 6) is 0. The molecule has 5 heteroatoms. The monoisotopic (exact) mass is 228 g/mol. The van der Waals surface area contributed by atoms with Crippen LogP contribution in [0.4, 0.5) is 5.13 Å². The highest BCUT2D eigenvalue weighted by molar-refractivity contribution is 7.15. The highest BCUT2D eigenvalue weighted by atomic mass is 32.1. The van der Waals surface area contributed by atoms with Crippen LogP contribution in [0.5, 0.6) is 0 Å². The first-order chi connectivity index (χ1) is 7.22. The van der Waals surface area contributed by atoms with Gasteiger partial charge < -0.3 is 14.7 Å². The summed E-state index contributed by atoms with van der Waals surface area (Å²) < 4.78 is 5.34. The van der Waals surface area contributed by atoms with Crippen molar-refractivity contribution in [3.05, 3.63) is 10.6 Å². The van der Waals surface area contributed by atoms with E-state index in [-0.39, 0.29) is 12.6 Å². The minimum absolute atomic E-state index is 0.0590. The third-order valence-electron chi connectivity index (χ3n) is 2.70. The molecule has 2 rings (SSSR count). The molecule has 0 radical (unpaired) electrons. The molecule has 0 aliphatic carbocycles. The Hall–Kier alpha value is -0.650. The van der Waals surface area contributed by atoms with Gasteiger partial charge in [0.1, 0.15) is 0 Å². The molecule has 1 aliphatic heterocycles. The molecule has 0 saturated carbocycles. The average molecular weight is 228 g/mol. The van der Waals surface area contributed by atoms with Crippen LogP contribution in [0.2, 0.25) is 0 Å². The van der Waals surface area contributed by atoms with Crippen LogP contribution < -0.4 is 4.90 Å². The van der Waals surface area contributed by atoms with Crippen molar-refractivity contribution in [2.24, 2.45) is 0 Å². The minimum Gasteiger partial charge on any atom is -0.394 e. The van der Waals surface area contributed by atoms with E-state index in [1.165, 1.54) is 4.88 Å². The molecule has 1 atom stereocenters. The molecule has 0 amide bonds. The first kappa shape index (κ1) is 10.9. The summed E-state index contributed by atoms with van der Waals surface area (Å²) in [5, 5.41) is 10.3. The van der Waals surface area contributed by atoms with E-state index in [1.54, 1.807) is 11.3 Å². The van der Waals surface area contributed by atoms with Crippen molar-refractivity contribution in [1.29, 1.82) is 0 Å². The van der Waals surface area contributed by atoms with Crippen LogP contribution in [0.1, 0.15) is 10.6 Å². The van der Waals surface area contributed by atoms with Crippen molar-refractivity contribution in [3.63, 3.8) is 0 Å². The first-order valence-corrected chi connectivity index (χ1v) is 5.93. The van der Waals surface area contributed by atoms with Crippen LogP contribution in [-0.4, -0.2) is 42.5 Å². The lowest BCUT2D eigenvalue weighted by atomic mass is 10.2. The van der Waals surface area contributed by atoms with Gasteiger partial charge in [0, 0.05) is 11.4 Å². The van der Waals surface area contributed by atoms with Gasteiger partial charge in [-0.1, -0.05) is 0 Å². The number of aromatic nitrogens is 1. The van der Waals surface area contributed by atoms with Crippen molar-refractivity contribution < 1.29 is 9.84 Å². The zero-order valence-electron chi connectivity index (χ0n) is 9.06. The van der Waals surface area contributed by atoms with Crippen LogP contribution in [0.15, 0.2) is 0 Å². The fourth-order valence-electron chi connectivity index (χ4n) is 1.64. The molecule has 1 fully saturated rings. The molecule has 0 bridgehead atoms. The van der Waals surface area contributed by atoms with Crippen molar-refractivity contribution in [2.75, 3.05) is 31.3 Å². The Morgan fingerprint density at radius 2 is 2.40 bits per heavy atom. The maximum Gasteiger partial charge on any atom is 0.186 e. The van der Waals surface area contributed by atoms with Crippen LogP contribution in [-0.2, 0) is 4.74 Å². The van der Waals surface area contributed by atoms with E-state index >= 15 is 0 Å². The number of aryl methyl sites for hydroxylation is 2. The molecule has 84 valence electrons. The molecule has 0 spiro atoms. The molecular weight excluding hydrogens is 212 g/mol. The van der Waals surface area contributed by atoms with E-state index in [0.29, 0.717) is 13.2 Å². The van der Waals surface area contributed by atoms with Crippen LogP contribution >= 0.6 is 11.3 Å². The van der Waals surface area contributed by atoms with Gasteiger partial charge in [-0.2, -0.15) is 0 Å². The molecule has 0 aromatic carbocycles. The Morgan fingerprint density at radius 3 is 3.00 bits per heavy atom. The third kappa shape index (κ3) is 2.14. The molecule has 1 saturated heterocycles. The number of rotatable bonds is 2. The van der Waals surface area contributed by atoms with Crippen molar-refractivity contribution in [1.82, 2.24) is 4.98 Å². The van der Waals surface area contributed by atoms with Crippen LogP contribution in [0, 0.1) is 13.8 Å². The normalized spacial score (nSPS) is 22.1. The second kappa shape index (κ2) is 4.47. The smallest absolute Gasteiger partial charge is 0.186 e. The number of hydrogen-bond donors (Lipinski definition) is 1. The average Bonchev–Trinajstić information content (AvgIpc) is 2.59. The molecule has 2 heterocycles. The Labute approximate surface area is 93.5 Å². The third-order valence-corrected chi connectivity index (χ3v) is 3.81. The summed E-state index contributed by atoms with van der Waals surface area (Å²) in [5.41, 5.74) is 1.08. The van der Waals surface area contributed by atoms with Gasteiger partial charge >= 0.3 is 0 Å². The summed E-state index contributed by atoms with van der Waals surface area (Å²) >= 11 is 1.69. The summed E-state index contributed by atoms with van der Waals surface area (Å²) in [7, 11) is 0. The van der Waals surface area contributed by atoms with Crippen molar-refractivity contribution in [2.45, 2.75) is 19.9 Å². The van der Waals surface area contributed by atoms with E-state index in [0.717, 1.165) is 17.4 Å². The topological polar surface area (TPSA) is 45.6 Å². The number of ether oxygens (including phenoxy) is 1. The Balaban J connectivity index is 2.20. The van der Waals surface area contributed by atoms with E-state index in [4.69, 9.17) is 4.74 Å². The number of aliphatic hydroxyl groups is 1. The largest absolute Gasteiger partial charge is 0.394 e. The molecule has 4 nitrogen and oxygen atoms in total. The first-order valence-electron chi connectivity index (χ1n) is 5.11. The van der Waals surface area contributed by atoms with Crippen molar-refractivity contribution >= 4 is 16.5 Å². The number of anilines is 1. The van der Waals surface area contributed by atoms with Gasteiger partial charge in [0.05, 0.1) is 31.6 Å². The standard InChI is InChI=1S/C10H16N2O2S/c1-7-8(2)15-10(11-7)12-3-4-14-6-9(12)5-13/h9,13H,3-6H2,1-2H3. The lowest BCUT2D eigenvalue weighted by Crippen LogP contribution is -2.47. The molecule has 1 unspecified atom stereocenters. The van der Waals surface area contributed by atoms with E-state index in [2.05, 4.69) is 16.8 Å². The SMILES string of the molecule is Cc1nc(N2CCOCC2CO)sc1C. The highest BCUT2D eigenvalue weighted by Crippen LogP contribution is 2.27. The molecular formula is C10H16N2O2S. The molecule has 15 heavy (non-hydrogen) atoms. The number of aliphatic hydroxyl groups excluding tert-OH is 1. The number of hydrogen-bond acceptors (Lipinski definition) is 5. The second-order valence-electron chi connectivity index (χ2n) is 3.74. The maximum atomic E-state index is 9.25. The van der Waals surface area contributed by atoms with Crippen LogP contribution in [0.25, 0.3) is 0 Å². The zero-order valence-corrected chi connectivity index (χ0v) is 9.88. The fraction of sp³-hybridized carbons (Fsp3) is 0.700. The van der Waals surface area contributed by atoms with Gasteiger partial charge in [-0.05, 0) is 13.8 Å². The summed E-state index contributed by atoms with van der Waals surface area (Å²) in [4.78, 5) is 7.90. The summed E-state index contributed by atoms with van der Waals surface area (Å²) in [6.45, 7) is 6.34. The quantitative estimate of drug-likeness (QED) is 0.819. The van der Waals surface area contributed by atoms with Gasteiger partial charge in [-0.25, -0.2) is 4.98 Å². The predicted molar refractivity (Wildman–Crippen MR) is 60.6 cm³/mol. The number of thiazole rings is 1. The number of morpholine rings is 1. The van der Waals surface area contributed by atoms with Gasteiger partial charge in [0.25, 0.3) is 0 Å².